The van der Waals surface area contributed by atoms with E-state index in [-0.39, 0.29) is 34.4 Å². The Balaban J connectivity index is 1.65. The minimum Gasteiger partial charge on any atom is -0.609 e. The first kappa shape index (κ1) is 13.2. The summed E-state index contributed by atoms with van der Waals surface area (Å²) < 4.78 is 21.9. The van der Waals surface area contributed by atoms with Gasteiger partial charge in [-0.3, -0.25) is 20.2 Å². The zero-order valence-electron chi connectivity index (χ0n) is 11.2. The molecule has 2 aliphatic rings. The fourth-order valence-electron chi connectivity index (χ4n) is 2.37. The van der Waals surface area contributed by atoms with Gasteiger partial charge in [-0.25, -0.2) is 0 Å². The third-order valence-corrected chi connectivity index (χ3v) is 3.36. The summed E-state index contributed by atoms with van der Waals surface area (Å²) in [5.74, 6) is 0.638. The second-order valence-corrected chi connectivity index (χ2v) is 4.83. The molecule has 2 aromatic rings. The van der Waals surface area contributed by atoms with Crippen molar-refractivity contribution in [1.82, 2.24) is 0 Å². The highest BCUT2D eigenvalue weighted by molar-refractivity contribution is 6.59. The Morgan fingerprint density at radius 1 is 0.696 bits per heavy atom. The average molecular weight is 317 g/mol. The van der Waals surface area contributed by atoms with Gasteiger partial charge in [0, 0.05) is 12.1 Å². The van der Waals surface area contributed by atoms with E-state index in [0.29, 0.717) is 0 Å². The summed E-state index contributed by atoms with van der Waals surface area (Å²) in [6, 6.07) is 7.60. The molecule has 0 radical (unpaired) electrons. The van der Waals surface area contributed by atoms with E-state index in [2.05, 4.69) is 0 Å². The zero-order chi connectivity index (χ0) is 16.2. The fourth-order valence-corrected chi connectivity index (χ4v) is 2.37. The van der Waals surface area contributed by atoms with Gasteiger partial charge in [0.25, 0.3) is 11.4 Å². The van der Waals surface area contributed by atoms with E-state index in [1.807, 2.05) is 0 Å². The average Bonchev–Trinajstić information content (AvgIpc) is 3.03. The monoisotopic (exact) mass is 317 g/mol. The number of fused-ring (bicyclic) bond motifs is 2. The van der Waals surface area contributed by atoms with Crippen molar-refractivity contribution in [3.8, 4) is 23.0 Å². The van der Waals surface area contributed by atoms with Crippen LogP contribution in [0.15, 0.2) is 36.4 Å². The summed E-state index contributed by atoms with van der Waals surface area (Å²) in [7, 11) is 0. The molecule has 0 saturated carbocycles. The molecule has 0 amide bonds. The molecule has 0 atom stereocenters. The molecule has 0 unspecified atom stereocenters. The molecule has 0 saturated heterocycles. The van der Waals surface area contributed by atoms with Gasteiger partial charge in [0.05, 0.1) is 22.0 Å². The Morgan fingerprint density at radius 2 is 1.09 bits per heavy atom. The van der Waals surface area contributed by atoms with E-state index < -0.39 is 16.8 Å². The Kier molecular flexibility index (Phi) is 2.44. The number of nitro benzene ring substituents is 2. The van der Waals surface area contributed by atoms with Gasteiger partial charge in [0.1, 0.15) is 23.0 Å². The number of hydrogen-bond donors (Lipinski definition) is 0. The van der Waals surface area contributed by atoms with Gasteiger partial charge >= 0.3 is 6.96 Å². The second kappa shape index (κ2) is 4.26. The third-order valence-electron chi connectivity index (χ3n) is 3.36. The van der Waals surface area contributed by atoms with Gasteiger partial charge in [-0.15, -0.1) is 0 Å². The second-order valence-electron chi connectivity index (χ2n) is 4.83. The molecule has 2 heterocycles. The van der Waals surface area contributed by atoms with Crippen LogP contribution in [0.1, 0.15) is 0 Å². The SMILES string of the molecule is O=[N+]([O-])c1ccc2c(c1)O[B-]1(O2)Oc2ccc([N+](=O)[O-])cc2O1. The van der Waals surface area contributed by atoms with E-state index >= 15 is 0 Å². The van der Waals surface area contributed by atoms with Gasteiger partial charge < -0.3 is 18.6 Å². The maximum absolute atomic E-state index is 10.8. The van der Waals surface area contributed by atoms with Crippen LogP contribution < -0.4 is 18.6 Å². The van der Waals surface area contributed by atoms with Crippen molar-refractivity contribution >= 4 is 18.3 Å². The number of non-ortho nitro benzene ring substituents is 2. The summed E-state index contributed by atoms with van der Waals surface area (Å²) in [4.78, 5) is 20.4. The number of nitro groups is 2. The fraction of sp³-hybridized carbons (Fsp3) is 0. The molecule has 0 bridgehead atoms. The molecule has 116 valence electrons. The van der Waals surface area contributed by atoms with Crippen molar-refractivity contribution in [2.45, 2.75) is 0 Å². The van der Waals surface area contributed by atoms with Crippen LogP contribution in [0.3, 0.4) is 0 Å². The molecule has 0 aromatic heterocycles. The lowest BCUT2D eigenvalue weighted by molar-refractivity contribution is -0.385. The van der Waals surface area contributed by atoms with E-state index in [9.17, 15) is 20.2 Å². The van der Waals surface area contributed by atoms with E-state index in [1.54, 1.807) is 0 Å². The first-order valence-corrected chi connectivity index (χ1v) is 6.41. The smallest absolute Gasteiger partial charge is 0.609 e. The van der Waals surface area contributed by atoms with Gasteiger partial charge in [0.15, 0.2) is 0 Å². The van der Waals surface area contributed by atoms with Gasteiger partial charge in [-0.1, -0.05) is 0 Å². The highest BCUT2D eigenvalue weighted by Crippen LogP contribution is 2.46. The van der Waals surface area contributed by atoms with Crippen LogP contribution in [0, 0.1) is 20.2 Å². The molecule has 23 heavy (non-hydrogen) atoms. The predicted octanol–water partition coefficient (Wildman–Crippen LogP) is 2.18. The van der Waals surface area contributed by atoms with Crippen LogP contribution in [-0.2, 0) is 0 Å². The van der Waals surface area contributed by atoms with E-state index in [1.165, 1.54) is 36.4 Å². The first-order chi connectivity index (χ1) is 11.0. The third kappa shape index (κ3) is 1.98. The maximum atomic E-state index is 10.8. The Morgan fingerprint density at radius 3 is 1.48 bits per heavy atom. The van der Waals surface area contributed by atoms with Crippen LogP contribution in [-0.4, -0.2) is 16.8 Å². The summed E-state index contributed by atoms with van der Waals surface area (Å²) in [5.41, 5.74) is -0.349. The number of hydrogen-bond acceptors (Lipinski definition) is 8. The Bertz CT molecular complexity index is 799. The Hall–Kier alpha value is -3.50. The molecule has 0 fully saturated rings. The van der Waals surface area contributed by atoms with Gasteiger partial charge in [0.2, 0.25) is 0 Å². The summed E-state index contributed by atoms with van der Waals surface area (Å²) in [6.45, 7) is -2.72. The van der Waals surface area contributed by atoms with Crippen molar-refractivity contribution in [3.05, 3.63) is 56.6 Å². The maximum Gasteiger partial charge on any atom is 0.777 e. The molecule has 4 rings (SSSR count). The lowest BCUT2D eigenvalue weighted by Gasteiger charge is -2.27. The minimum atomic E-state index is -2.72. The largest absolute Gasteiger partial charge is 0.777 e. The number of rotatable bonds is 2. The quantitative estimate of drug-likeness (QED) is 0.469. The molecule has 10 nitrogen and oxygen atoms in total. The summed E-state index contributed by atoms with van der Waals surface area (Å²) >= 11 is 0. The summed E-state index contributed by atoms with van der Waals surface area (Å²) in [6.07, 6.45) is 0. The normalized spacial score (nSPS) is 15.7. The van der Waals surface area contributed by atoms with Crippen LogP contribution in [0.25, 0.3) is 0 Å². The lowest BCUT2D eigenvalue weighted by atomic mass is 10.1. The lowest BCUT2D eigenvalue weighted by Crippen LogP contribution is -2.54. The molecule has 2 aliphatic heterocycles. The molecule has 1 spiro atoms. The standard InChI is InChI=1S/C12H6BN2O8/c16-14(17)7-1-3-9-11(5-7)22-13(20-9)21-10-4-2-8(15(18)19)6-12(10)23-13/h1-6H/q-1. The molecular weight excluding hydrogens is 311 g/mol. The zero-order valence-corrected chi connectivity index (χ0v) is 11.2. The van der Waals surface area contributed by atoms with Crippen molar-refractivity contribution in [3.63, 3.8) is 0 Å². The molecule has 0 aliphatic carbocycles. The van der Waals surface area contributed by atoms with Crippen molar-refractivity contribution in [2.24, 2.45) is 0 Å². The van der Waals surface area contributed by atoms with E-state index in [4.69, 9.17) is 18.6 Å². The number of benzene rings is 2. The van der Waals surface area contributed by atoms with Crippen LogP contribution in [0.2, 0.25) is 0 Å². The van der Waals surface area contributed by atoms with Crippen LogP contribution in [0.5, 0.6) is 23.0 Å². The van der Waals surface area contributed by atoms with Crippen LogP contribution >= 0.6 is 0 Å². The van der Waals surface area contributed by atoms with E-state index in [0.717, 1.165) is 0 Å². The Labute approximate surface area is 127 Å². The first-order valence-electron chi connectivity index (χ1n) is 6.41. The van der Waals surface area contributed by atoms with Crippen LogP contribution in [0.4, 0.5) is 11.4 Å². The molecule has 2 aromatic carbocycles. The van der Waals surface area contributed by atoms with Crippen molar-refractivity contribution in [2.75, 3.05) is 0 Å². The number of nitrogens with zero attached hydrogens (tertiary/aromatic N) is 2. The molecular formula is C12H6BN2O8-. The highest BCUT2D eigenvalue weighted by Gasteiger charge is 2.52. The predicted molar refractivity (Wildman–Crippen MR) is 74.5 cm³/mol. The topological polar surface area (TPSA) is 123 Å². The molecule has 0 N–H and O–H groups in total. The van der Waals surface area contributed by atoms with Gasteiger partial charge in [-0.05, 0) is 12.1 Å². The van der Waals surface area contributed by atoms with Crippen molar-refractivity contribution in [1.29, 1.82) is 0 Å². The minimum absolute atomic E-state index is 0.0986. The molecule has 11 heteroatoms. The highest BCUT2D eigenvalue weighted by atomic mass is 16.9. The van der Waals surface area contributed by atoms with Gasteiger partial charge in [-0.2, -0.15) is 0 Å². The summed E-state index contributed by atoms with van der Waals surface area (Å²) in [5, 5.41) is 21.6. The van der Waals surface area contributed by atoms with Crippen molar-refractivity contribution < 1.29 is 28.5 Å².